The van der Waals surface area contributed by atoms with Gasteiger partial charge in [-0.3, -0.25) is 4.79 Å². The number of aliphatic hydroxyl groups excluding tert-OH is 7. The Hall–Kier alpha value is -1.93. The largest absolute Gasteiger partial charge is 0.394 e. The molecule has 1 fully saturated rings. The zero-order valence-electron chi connectivity index (χ0n) is 50.4. The summed E-state index contributed by atoms with van der Waals surface area (Å²) >= 11 is 0. The van der Waals surface area contributed by atoms with Crippen LogP contribution in [-0.4, -0.2) is 110 Å². The number of carbonyl (C=O) groups is 1. The van der Waals surface area contributed by atoms with Gasteiger partial charge in [0.25, 0.3) is 0 Å². The highest BCUT2D eigenvalue weighted by molar-refractivity contribution is 5.80. The van der Waals surface area contributed by atoms with E-state index in [4.69, 9.17) is 9.47 Å². The summed E-state index contributed by atoms with van der Waals surface area (Å²) < 4.78 is 11.2. The van der Waals surface area contributed by atoms with Crippen LogP contribution in [0.1, 0.15) is 303 Å². The Kier molecular flexibility index (Phi) is 52.8. The van der Waals surface area contributed by atoms with Crippen molar-refractivity contribution >= 4 is 5.91 Å². The van der Waals surface area contributed by atoms with Crippen LogP contribution < -0.4 is 5.32 Å². The van der Waals surface area contributed by atoms with Crippen LogP contribution in [0.4, 0.5) is 0 Å². The third-order valence-corrected chi connectivity index (χ3v) is 15.8. The summed E-state index contributed by atoms with van der Waals surface area (Å²) in [6.07, 6.45) is 60.4. The second-order valence-corrected chi connectivity index (χ2v) is 23.2. The number of ether oxygens (including phenoxy) is 2. The average Bonchev–Trinajstić information content (AvgIpc) is 3.46. The Morgan fingerprint density at radius 1 is 0.449 bits per heavy atom. The van der Waals surface area contributed by atoms with Gasteiger partial charge in [-0.2, -0.15) is 0 Å². The van der Waals surface area contributed by atoms with E-state index < -0.39 is 74.2 Å². The monoisotopic (exact) mass is 1100 g/mol. The summed E-state index contributed by atoms with van der Waals surface area (Å²) in [5, 5.41) is 76.3. The molecule has 0 aromatic rings. The lowest BCUT2D eigenvalue weighted by Gasteiger charge is -2.40. The van der Waals surface area contributed by atoms with Gasteiger partial charge in [-0.15, -0.1) is 0 Å². The fourth-order valence-electron chi connectivity index (χ4n) is 10.5. The van der Waals surface area contributed by atoms with E-state index in [1.807, 2.05) is 0 Å². The van der Waals surface area contributed by atoms with Crippen LogP contribution in [0.5, 0.6) is 0 Å². The number of carbonyl (C=O) groups excluding carboxylic acids is 1. The number of aliphatic hydroxyl groups is 7. The Morgan fingerprint density at radius 2 is 0.808 bits per heavy atom. The van der Waals surface area contributed by atoms with Crippen molar-refractivity contribution in [2.45, 2.75) is 358 Å². The van der Waals surface area contributed by atoms with Crippen LogP contribution in [0.25, 0.3) is 0 Å². The van der Waals surface area contributed by atoms with Crippen LogP contribution in [0, 0.1) is 0 Å². The van der Waals surface area contributed by atoms with Crippen LogP contribution in [-0.2, 0) is 14.3 Å². The van der Waals surface area contributed by atoms with E-state index >= 15 is 0 Å². The normalized spacial score (nSPS) is 19.7. The molecule has 0 aliphatic carbocycles. The molecule has 1 saturated heterocycles. The van der Waals surface area contributed by atoms with Crippen molar-refractivity contribution in [3.8, 4) is 0 Å². The lowest BCUT2D eigenvalue weighted by atomic mass is 9.98. The smallest absolute Gasteiger partial charge is 0.249 e. The molecule has 0 bridgehead atoms. The van der Waals surface area contributed by atoms with E-state index in [1.165, 1.54) is 193 Å². The van der Waals surface area contributed by atoms with E-state index in [-0.39, 0.29) is 12.8 Å². The van der Waals surface area contributed by atoms with Gasteiger partial charge in [-0.1, -0.05) is 268 Å². The molecule has 0 saturated carbocycles. The second kappa shape index (κ2) is 55.6. The van der Waals surface area contributed by atoms with Gasteiger partial charge in [0.15, 0.2) is 6.29 Å². The van der Waals surface area contributed by atoms with Crippen molar-refractivity contribution < 1.29 is 50.0 Å². The number of hydrogen-bond acceptors (Lipinski definition) is 10. The first kappa shape index (κ1) is 74.1. The van der Waals surface area contributed by atoms with E-state index in [1.54, 1.807) is 0 Å². The molecular formula is C67H125NO10. The first-order valence-electron chi connectivity index (χ1n) is 33.0. The molecule has 1 aliphatic rings. The number of amides is 1. The molecule has 0 spiro atoms. The highest BCUT2D eigenvalue weighted by atomic mass is 16.7. The van der Waals surface area contributed by atoms with Crippen molar-refractivity contribution in [2.75, 3.05) is 13.2 Å². The van der Waals surface area contributed by atoms with Crippen LogP contribution >= 0.6 is 0 Å². The topological polar surface area (TPSA) is 189 Å². The molecule has 1 heterocycles. The molecule has 0 aromatic carbocycles. The first-order chi connectivity index (χ1) is 38.2. The first-order valence-corrected chi connectivity index (χ1v) is 33.0. The Morgan fingerprint density at radius 3 is 1.22 bits per heavy atom. The highest BCUT2D eigenvalue weighted by Gasteiger charge is 2.44. The molecule has 11 heteroatoms. The summed E-state index contributed by atoms with van der Waals surface area (Å²) in [6.45, 7) is 3.47. The van der Waals surface area contributed by atoms with Gasteiger partial charge in [-0.25, -0.2) is 0 Å². The SMILES string of the molecule is CCCCCCCCCCC/C=C\C/C=C\CCCCCCCCC(O)C(=O)NC(COC1OC(CO)C(O)C(O)C1O)C(O)C(O)CCC/C=C/CC/C=C/CCCCCCCCCCCCCCCCCCCCCC. The minimum Gasteiger partial charge on any atom is -0.394 e. The molecule has 458 valence electrons. The molecule has 0 aromatic heterocycles. The summed E-state index contributed by atoms with van der Waals surface area (Å²) in [7, 11) is 0. The van der Waals surface area contributed by atoms with Crippen LogP contribution in [0.2, 0.25) is 0 Å². The molecule has 11 nitrogen and oxygen atoms in total. The molecular weight excluding hydrogens is 979 g/mol. The zero-order chi connectivity index (χ0) is 56.8. The van der Waals surface area contributed by atoms with Gasteiger partial charge in [0.1, 0.15) is 36.6 Å². The van der Waals surface area contributed by atoms with Gasteiger partial charge in [-0.05, 0) is 83.5 Å². The third-order valence-electron chi connectivity index (χ3n) is 15.8. The maximum absolute atomic E-state index is 13.2. The van der Waals surface area contributed by atoms with Gasteiger partial charge in [0.05, 0.1) is 25.4 Å². The number of rotatable bonds is 57. The molecule has 78 heavy (non-hydrogen) atoms. The predicted molar refractivity (Wildman–Crippen MR) is 325 cm³/mol. The Labute approximate surface area is 479 Å². The Bertz CT molecular complexity index is 1410. The quantitative estimate of drug-likeness (QED) is 0.0215. The number of unbranched alkanes of at least 4 members (excludes halogenated alkanes) is 37. The summed E-state index contributed by atoms with van der Waals surface area (Å²) in [4.78, 5) is 13.2. The summed E-state index contributed by atoms with van der Waals surface area (Å²) in [5.41, 5.74) is 0. The maximum atomic E-state index is 13.2. The van der Waals surface area contributed by atoms with Gasteiger partial charge in [0.2, 0.25) is 5.91 Å². The number of hydrogen-bond donors (Lipinski definition) is 8. The highest BCUT2D eigenvalue weighted by Crippen LogP contribution is 2.23. The molecule has 9 atom stereocenters. The van der Waals surface area contributed by atoms with Gasteiger partial charge >= 0.3 is 0 Å². The fourth-order valence-corrected chi connectivity index (χ4v) is 10.5. The summed E-state index contributed by atoms with van der Waals surface area (Å²) in [6, 6.07) is -1.20. The van der Waals surface area contributed by atoms with E-state index in [9.17, 15) is 40.5 Å². The van der Waals surface area contributed by atoms with E-state index in [2.05, 4.69) is 67.8 Å². The van der Waals surface area contributed by atoms with Crippen molar-refractivity contribution in [2.24, 2.45) is 0 Å². The molecule has 1 aliphatic heterocycles. The zero-order valence-corrected chi connectivity index (χ0v) is 50.4. The van der Waals surface area contributed by atoms with Gasteiger partial charge < -0.3 is 50.5 Å². The summed E-state index contributed by atoms with van der Waals surface area (Å²) in [5.74, 6) is -0.716. The standard InChI is InChI=1S/C67H125NO10/c1-3-5-7-9-11-13-15-17-19-21-23-25-27-28-29-30-31-32-33-35-36-38-40-42-44-46-48-50-52-54-59(70)62(72)58(57-77-67-65(75)64(74)63(73)61(56-69)78-67)68-66(76)60(71)55-53-51-49-47-45-43-41-39-37-34-26-24-22-20-18-16-14-12-10-8-6-4-2/h24,26,37-40,46,48,58-65,67,69-75H,3-23,25,27-36,41-45,47,49-57H2,1-2H3,(H,68,76)/b26-24-,39-37-,40-38+,48-46+. The van der Waals surface area contributed by atoms with E-state index in [0.29, 0.717) is 19.3 Å². The molecule has 1 rings (SSSR count). The third kappa shape index (κ3) is 42.8. The number of allylic oxidation sites excluding steroid dienone is 8. The van der Waals surface area contributed by atoms with Crippen molar-refractivity contribution in [1.82, 2.24) is 5.32 Å². The maximum Gasteiger partial charge on any atom is 0.249 e. The van der Waals surface area contributed by atoms with Crippen LogP contribution in [0.3, 0.4) is 0 Å². The van der Waals surface area contributed by atoms with Crippen molar-refractivity contribution in [3.05, 3.63) is 48.6 Å². The average molecular weight is 1100 g/mol. The lowest BCUT2D eigenvalue weighted by molar-refractivity contribution is -0.303. The fraction of sp³-hybridized carbons (Fsp3) is 0.866. The lowest BCUT2D eigenvalue weighted by Crippen LogP contribution is -2.60. The number of nitrogens with one attached hydrogen (secondary N) is 1. The molecule has 8 N–H and O–H groups in total. The van der Waals surface area contributed by atoms with Crippen molar-refractivity contribution in [1.29, 1.82) is 0 Å². The predicted octanol–water partition coefficient (Wildman–Crippen LogP) is 15.2. The van der Waals surface area contributed by atoms with Crippen molar-refractivity contribution in [3.63, 3.8) is 0 Å². The minimum atomic E-state index is -1.68. The second-order valence-electron chi connectivity index (χ2n) is 23.2. The van der Waals surface area contributed by atoms with Crippen LogP contribution in [0.15, 0.2) is 48.6 Å². The van der Waals surface area contributed by atoms with Gasteiger partial charge in [0, 0.05) is 0 Å². The Balaban J connectivity index is 2.28. The van der Waals surface area contributed by atoms with E-state index in [0.717, 1.165) is 64.2 Å². The molecule has 1 amide bonds. The minimum absolute atomic E-state index is 0.238. The molecule has 0 radical (unpaired) electrons. The molecule has 9 unspecified atom stereocenters.